The van der Waals surface area contributed by atoms with E-state index >= 15 is 0 Å². The highest BCUT2D eigenvalue weighted by molar-refractivity contribution is 8.01. The highest BCUT2D eigenvalue weighted by atomic mass is 35.5. The molecule has 1 atom stereocenters. The molecule has 25 heavy (non-hydrogen) atoms. The molecule has 1 aromatic heterocycles. The predicted octanol–water partition coefficient (Wildman–Crippen LogP) is 5.19. The molecule has 1 amide bonds. The quantitative estimate of drug-likeness (QED) is 0.357. The number of aromatic nitrogens is 2. The second-order valence-corrected chi connectivity index (χ2v) is 8.72. The summed E-state index contributed by atoms with van der Waals surface area (Å²) in [6.07, 6.45) is 2.07. The van der Waals surface area contributed by atoms with Gasteiger partial charge >= 0.3 is 0 Å². The van der Waals surface area contributed by atoms with E-state index in [0.717, 1.165) is 22.1 Å². The second kappa shape index (κ2) is 9.99. The molecule has 0 bridgehead atoms. The molecule has 2 aromatic rings. The van der Waals surface area contributed by atoms with Gasteiger partial charge in [-0.3, -0.25) is 4.79 Å². The Morgan fingerprint density at radius 1 is 1.44 bits per heavy atom. The van der Waals surface area contributed by atoms with Gasteiger partial charge in [0.15, 0.2) is 4.34 Å². The van der Waals surface area contributed by atoms with Crippen molar-refractivity contribution in [3.63, 3.8) is 0 Å². The number of anilines is 1. The highest BCUT2D eigenvalue weighted by Crippen LogP contribution is 2.30. The minimum absolute atomic E-state index is 0.0762. The zero-order valence-corrected chi connectivity index (χ0v) is 16.9. The Morgan fingerprint density at radius 3 is 2.96 bits per heavy atom. The third kappa shape index (κ3) is 6.84. The van der Waals surface area contributed by atoms with Crippen LogP contribution >= 0.6 is 34.7 Å². The summed E-state index contributed by atoms with van der Waals surface area (Å²) in [6, 6.07) is 5.49. The molecule has 0 spiro atoms. The van der Waals surface area contributed by atoms with Gasteiger partial charge in [0.2, 0.25) is 11.0 Å². The molecule has 0 radical (unpaired) electrons. The average molecular weight is 400 g/mol. The third-order valence-electron chi connectivity index (χ3n) is 3.47. The fourth-order valence-electron chi connectivity index (χ4n) is 1.93. The maximum Gasteiger partial charge on any atom is 0.226 e. The van der Waals surface area contributed by atoms with Gasteiger partial charge in [-0.2, -0.15) is 0 Å². The maximum atomic E-state index is 12.0. The minimum atomic E-state index is -0.0762. The summed E-state index contributed by atoms with van der Waals surface area (Å²) in [7, 11) is 0. The number of carbonyl (C=O) groups excluding carboxylic acids is 1. The molecular weight excluding hydrogens is 378 g/mol. The van der Waals surface area contributed by atoms with E-state index in [0.29, 0.717) is 34.9 Å². The molecule has 1 heterocycles. The Morgan fingerprint density at radius 2 is 2.24 bits per heavy atom. The van der Waals surface area contributed by atoms with Crippen LogP contribution in [0.4, 0.5) is 5.13 Å². The summed E-state index contributed by atoms with van der Waals surface area (Å²) in [5.74, 6) is 0.716. The Kier molecular flexibility index (Phi) is 7.99. The zero-order valence-electron chi connectivity index (χ0n) is 14.5. The van der Waals surface area contributed by atoms with Crippen molar-refractivity contribution < 1.29 is 9.53 Å². The Hall–Kier alpha value is -1.31. The van der Waals surface area contributed by atoms with Crippen molar-refractivity contribution in [2.75, 3.05) is 11.9 Å². The van der Waals surface area contributed by atoms with Gasteiger partial charge in [-0.15, -0.1) is 10.2 Å². The summed E-state index contributed by atoms with van der Waals surface area (Å²) in [6.45, 7) is 6.70. The number of amides is 1. The van der Waals surface area contributed by atoms with Gasteiger partial charge in [0.05, 0.1) is 6.61 Å². The van der Waals surface area contributed by atoms with Crippen molar-refractivity contribution in [1.82, 2.24) is 10.2 Å². The van der Waals surface area contributed by atoms with Crippen LogP contribution in [0.15, 0.2) is 22.5 Å². The smallest absolute Gasteiger partial charge is 0.226 e. The Labute approximate surface area is 161 Å². The molecule has 0 aliphatic heterocycles. The number of benzene rings is 1. The topological polar surface area (TPSA) is 64.1 Å². The molecule has 0 fully saturated rings. The van der Waals surface area contributed by atoms with Crippen LogP contribution in [-0.4, -0.2) is 28.0 Å². The zero-order chi connectivity index (χ0) is 18.2. The number of nitrogens with zero attached hydrogens (tertiary/aromatic N) is 2. The summed E-state index contributed by atoms with van der Waals surface area (Å²) >= 11 is 9.00. The first-order valence-electron chi connectivity index (χ1n) is 8.17. The first kappa shape index (κ1) is 20.0. The third-order valence-corrected chi connectivity index (χ3v) is 5.90. The molecule has 8 heteroatoms. The number of hydrogen-bond donors (Lipinski definition) is 1. The van der Waals surface area contributed by atoms with E-state index < -0.39 is 0 Å². The fourth-order valence-corrected chi connectivity index (χ4v) is 4.18. The molecule has 1 aromatic carbocycles. The normalized spacial score (nSPS) is 12.0. The molecule has 0 aliphatic carbocycles. The van der Waals surface area contributed by atoms with Crippen molar-refractivity contribution in [3.05, 3.63) is 28.8 Å². The van der Waals surface area contributed by atoms with Gasteiger partial charge < -0.3 is 10.1 Å². The number of rotatable bonds is 9. The van der Waals surface area contributed by atoms with Crippen LogP contribution in [0.1, 0.15) is 38.7 Å². The van der Waals surface area contributed by atoms with E-state index in [1.165, 1.54) is 11.3 Å². The summed E-state index contributed by atoms with van der Waals surface area (Å²) < 4.78 is 6.57. The fraction of sp³-hybridized carbons (Fsp3) is 0.471. The van der Waals surface area contributed by atoms with Crippen molar-refractivity contribution in [3.8, 4) is 5.75 Å². The molecule has 0 saturated carbocycles. The number of aryl methyl sites for hydroxylation is 1. The highest BCUT2D eigenvalue weighted by Gasteiger charge is 2.11. The van der Waals surface area contributed by atoms with Gasteiger partial charge in [0.25, 0.3) is 0 Å². The van der Waals surface area contributed by atoms with Crippen molar-refractivity contribution >= 4 is 45.7 Å². The van der Waals surface area contributed by atoms with Gasteiger partial charge in [0.1, 0.15) is 5.75 Å². The lowest BCUT2D eigenvalue weighted by Gasteiger charge is -2.09. The van der Waals surface area contributed by atoms with Crippen LogP contribution < -0.4 is 10.1 Å². The van der Waals surface area contributed by atoms with Crippen molar-refractivity contribution in [1.29, 1.82) is 0 Å². The van der Waals surface area contributed by atoms with Crippen LogP contribution in [0.3, 0.4) is 0 Å². The molecule has 0 aliphatic rings. The number of thioether (sulfide) groups is 1. The van der Waals surface area contributed by atoms with E-state index in [4.69, 9.17) is 16.3 Å². The number of ether oxygens (including phenoxy) is 1. The Bertz CT molecular complexity index is 709. The van der Waals surface area contributed by atoms with Crippen LogP contribution in [0.2, 0.25) is 5.02 Å². The largest absolute Gasteiger partial charge is 0.493 e. The average Bonchev–Trinajstić information content (AvgIpc) is 2.99. The maximum absolute atomic E-state index is 12.0. The van der Waals surface area contributed by atoms with E-state index in [9.17, 15) is 4.79 Å². The number of nitrogens with one attached hydrogen (secondary N) is 1. The first-order chi connectivity index (χ1) is 12.0. The van der Waals surface area contributed by atoms with E-state index in [-0.39, 0.29) is 5.91 Å². The standard InChI is InChI=1S/C17H22ClN3O2S2/c1-4-12(3)24-17-21-20-16(25-17)19-15(22)6-5-9-23-14-8-7-13(18)10-11(14)2/h7-8,10,12H,4-6,9H2,1-3H3,(H,19,20,22). The van der Waals surface area contributed by atoms with Crippen LogP contribution in [0, 0.1) is 6.92 Å². The van der Waals surface area contributed by atoms with E-state index in [1.54, 1.807) is 17.8 Å². The lowest BCUT2D eigenvalue weighted by atomic mass is 10.2. The summed E-state index contributed by atoms with van der Waals surface area (Å²) in [4.78, 5) is 12.0. The summed E-state index contributed by atoms with van der Waals surface area (Å²) in [5, 5.41) is 12.6. The van der Waals surface area contributed by atoms with Crippen LogP contribution in [0.25, 0.3) is 0 Å². The SMILES string of the molecule is CCC(C)Sc1nnc(NC(=O)CCCOc2ccc(Cl)cc2C)s1. The number of carbonyl (C=O) groups is 1. The molecule has 1 N–H and O–H groups in total. The van der Waals surface area contributed by atoms with E-state index in [1.807, 2.05) is 19.1 Å². The van der Waals surface area contributed by atoms with Gasteiger partial charge in [-0.25, -0.2) is 0 Å². The molecule has 1 unspecified atom stereocenters. The summed E-state index contributed by atoms with van der Waals surface area (Å²) in [5.41, 5.74) is 0.983. The van der Waals surface area contributed by atoms with Crippen molar-refractivity contribution in [2.24, 2.45) is 0 Å². The van der Waals surface area contributed by atoms with Crippen molar-refractivity contribution in [2.45, 2.75) is 49.6 Å². The first-order valence-corrected chi connectivity index (χ1v) is 10.2. The number of halogens is 1. The monoisotopic (exact) mass is 399 g/mol. The van der Waals surface area contributed by atoms with Crippen LogP contribution in [-0.2, 0) is 4.79 Å². The van der Waals surface area contributed by atoms with Crippen LogP contribution in [0.5, 0.6) is 5.75 Å². The predicted molar refractivity (Wildman–Crippen MR) is 105 cm³/mol. The van der Waals surface area contributed by atoms with Gasteiger partial charge in [-0.1, -0.05) is 48.5 Å². The lowest BCUT2D eigenvalue weighted by Crippen LogP contribution is -2.12. The van der Waals surface area contributed by atoms with Gasteiger partial charge in [-0.05, 0) is 43.5 Å². The van der Waals surface area contributed by atoms with Gasteiger partial charge in [0, 0.05) is 16.7 Å². The lowest BCUT2D eigenvalue weighted by molar-refractivity contribution is -0.116. The van der Waals surface area contributed by atoms with E-state index in [2.05, 4.69) is 29.4 Å². The second-order valence-electron chi connectivity index (χ2n) is 5.62. The molecule has 5 nitrogen and oxygen atoms in total. The molecule has 0 saturated heterocycles. The minimum Gasteiger partial charge on any atom is -0.493 e. The number of hydrogen-bond acceptors (Lipinski definition) is 6. The molecule has 2 rings (SSSR count). The Balaban J connectivity index is 1.70. The molecular formula is C17H22ClN3O2S2. The molecule has 136 valence electrons.